The minimum atomic E-state index is -0.999. The van der Waals surface area contributed by atoms with E-state index in [4.69, 9.17) is 9.84 Å². The number of aliphatic carboxylic acids is 1. The van der Waals surface area contributed by atoms with Crippen LogP contribution in [0.3, 0.4) is 0 Å². The number of fused-ring (bicyclic) bond motifs is 1. The van der Waals surface area contributed by atoms with Gasteiger partial charge >= 0.3 is 5.97 Å². The summed E-state index contributed by atoms with van der Waals surface area (Å²) in [5.41, 5.74) is 1.75. The summed E-state index contributed by atoms with van der Waals surface area (Å²) in [6, 6.07) is 21.3. The number of carbonyl (C=O) groups excluding carboxylic acids is 1. The summed E-state index contributed by atoms with van der Waals surface area (Å²) in [4.78, 5) is 27.6. The Balaban J connectivity index is 1.37. The lowest BCUT2D eigenvalue weighted by molar-refractivity contribution is -0.139. The Bertz CT molecular complexity index is 1020. The minimum Gasteiger partial charge on any atom is -0.482 e. The molecule has 1 fully saturated rings. The number of carboxylic acid groups (broad SMARTS) is 1. The molecule has 29 heavy (non-hydrogen) atoms. The second-order valence-corrected chi connectivity index (χ2v) is 7.02. The minimum absolute atomic E-state index is 0.0628. The molecule has 1 aliphatic heterocycles. The second-order valence-electron chi connectivity index (χ2n) is 7.02. The lowest BCUT2D eigenvalue weighted by Crippen LogP contribution is -2.48. The number of amides is 1. The molecule has 6 nitrogen and oxygen atoms in total. The van der Waals surface area contributed by atoms with Gasteiger partial charge in [0.05, 0.1) is 0 Å². The third kappa shape index (κ3) is 4.32. The van der Waals surface area contributed by atoms with Crippen LogP contribution in [0.25, 0.3) is 10.8 Å². The van der Waals surface area contributed by atoms with E-state index in [1.807, 2.05) is 59.5 Å². The van der Waals surface area contributed by atoms with E-state index >= 15 is 0 Å². The van der Waals surface area contributed by atoms with E-state index in [1.165, 1.54) is 0 Å². The third-order valence-electron chi connectivity index (χ3n) is 5.13. The van der Waals surface area contributed by atoms with Crippen LogP contribution in [0, 0.1) is 0 Å². The van der Waals surface area contributed by atoms with Crippen LogP contribution in [-0.4, -0.2) is 54.7 Å². The monoisotopic (exact) mass is 390 g/mol. The SMILES string of the molecule is O=C(O)COc1ccc(N2CCN(C(=O)c3ccc4ccccc4c3)CC2)cc1. The lowest BCUT2D eigenvalue weighted by Gasteiger charge is -2.36. The largest absolute Gasteiger partial charge is 0.482 e. The summed E-state index contributed by atoms with van der Waals surface area (Å²) in [5, 5.41) is 10.9. The average Bonchev–Trinajstić information content (AvgIpc) is 2.77. The number of anilines is 1. The molecule has 1 saturated heterocycles. The van der Waals surface area contributed by atoms with Gasteiger partial charge in [0.15, 0.2) is 6.61 Å². The number of carboxylic acids is 1. The van der Waals surface area contributed by atoms with Crippen molar-refractivity contribution in [1.29, 1.82) is 0 Å². The molecule has 1 amide bonds. The number of carbonyl (C=O) groups is 2. The van der Waals surface area contributed by atoms with E-state index in [0.29, 0.717) is 18.8 Å². The fourth-order valence-electron chi connectivity index (χ4n) is 3.57. The smallest absolute Gasteiger partial charge is 0.341 e. The molecule has 0 aromatic heterocycles. The fraction of sp³-hybridized carbons (Fsp3) is 0.217. The first-order valence-corrected chi connectivity index (χ1v) is 9.58. The van der Waals surface area contributed by atoms with E-state index in [1.54, 1.807) is 12.1 Å². The number of hydrogen-bond donors (Lipinski definition) is 1. The molecule has 0 atom stereocenters. The molecule has 0 radical (unpaired) electrons. The highest BCUT2D eigenvalue weighted by Gasteiger charge is 2.22. The van der Waals surface area contributed by atoms with Crippen molar-refractivity contribution in [2.45, 2.75) is 0 Å². The van der Waals surface area contributed by atoms with Crippen LogP contribution >= 0.6 is 0 Å². The Morgan fingerprint density at radius 3 is 2.24 bits per heavy atom. The number of benzene rings is 3. The van der Waals surface area contributed by atoms with Crippen molar-refractivity contribution >= 4 is 28.3 Å². The normalized spacial score (nSPS) is 14.1. The molecule has 148 valence electrons. The van der Waals surface area contributed by atoms with Crippen molar-refractivity contribution in [3.05, 3.63) is 72.3 Å². The van der Waals surface area contributed by atoms with Crippen LogP contribution in [0.15, 0.2) is 66.7 Å². The van der Waals surface area contributed by atoms with Crippen LogP contribution in [0.2, 0.25) is 0 Å². The molecule has 0 spiro atoms. The van der Waals surface area contributed by atoms with E-state index in [9.17, 15) is 9.59 Å². The standard InChI is InChI=1S/C23H22N2O4/c26-22(27)16-29-21-9-7-20(8-10-21)24-11-13-25(14-12-24)23(28)19-6-5-17-3-1-2-4-18(17)15-19/h1-10,15H,11-14,16H2,(H,26,27). The van der Waals surface area contributed by atoms with Gasteiger partial charge in [-0.1, -0.05) is 30.3 Å². The average molecular weight is 390 g/mol. The summed E-state index contributed by atoms with van der Waals surface area (Å²) in [5.74, 6) is -0.407. The number of ether oxygens (including phenoxy) is 1. The van der Waals surface area contributed by atoms with E-state index in [-0.39, 0.29) is 12.5 Å². The predicted octanol–water partition coefficient (Wildman–Crippen LogP) is 3.27. The molecule has 0 unspecified atom stereocenters. The maximum Gasteiger partial charge on any atom is 0.341 e. The number of rotatable bonds is 5. The van der Waals surface area contributed by atoms with Gasteiger partial charge in [0, 0.05) is 37.4 Å². The highest BCUT2D eigenvalue weighted by atomic mass is 16.5. The van der Waals surface area contributed by atoms with E-state index in [2.05, 4.69) is 4.90 Å². The van der Waals surface area contributed by atoms with Crippen LogP contribution in [0.4, 0.5) is 5.69 Å². The molecule has 3 aromatic carbocycles. The predicted molar refractivity (Wildman–Crippen MR) is 112 cm³/mol. The number of nitrogens with zero attached hydrogens (tertiary/aromatic N) is 2. The molecule has 1 aliphatic rings. The van der Waals surface area contributed by atoms with E-state index in [0.717, 1.165) is 35.1 Å². The summed E-state index contributed by atoms with van der Waals surface area (Å²) in [7, 11) is 0. The Hall–Kier alpha value is -3.54. The summed E-state index contributed by atoms with van der Waals surface area (Å²) in [6.07, 6.45) is 0. The Morgan fingerprint density at radius 2 is 1.55 bits per heavy atom. The zero-order valence-electron chi connectivity index (χ0n) is 16.0. The topological polar surface area (TPSA) is 70.1 Å². The van der Waals surface area contributed by atoms with Crippen molar-refractivity contribution in [3.8, 4) is 5.75 Å². The molecule has 4 rings (SSSR count). The van der Waals surface area contributed by atoms with Crippen molar-refractivity contribution in [1.82, 2.24) is 4.90 Å². The zero-order valence-corrected chi connectivity index (χ0v) is 16.0. The van der Waals surface area contributed by atoms with Crippen molar-refractivity contribution in [2.75, 3.05) is 37.7 Å². The van der Waals surface area contributed by atoms with Crippen molar-refractivity contribution < 1.29 is 19.4 Å². The second kappa shape index (κ2) is 8.22. The van der Waals surface area contributed by atoms with Gasteiger partial charge in [-0.15, -0.1) is 0 Å². The summed E-state index contributed by atoms with van der Waals surface area (Å²) < 4.78 is 5.17. The first-order valence-electron chi connectivity index (χ1n) is 9.58. The van der Waals surface area contributed by atoms with Gasteiger partial charge in [0.2, 0.25) is 0 Å². The molecule has 6 heteroatoms. The maximum absolute atomic E-state index is 12.9. The molecule has 0 bridgehead atoms. The van der Waals surface area contributed by atoms with Crippen LogP contribution in [0.1, 0.15) is 10.4 Å². The van der Waals surface area contributed by atoms with Crippen LogP contribution in [0.5, 0.6) is 5.75 Å². The Morgan fingerprint density at radius 1 is 0.862 bits per heavy atom. The van der Waals surface area contributed by atoms with Crippen molar-refractivity contribution in [3.63, 3.8) is 0 Å². The Labute approximate surface area is 168 Å². The quantitative estimate of drug-likeness (QED) is 0.724. The molecule has 3 aromatic rings. The van der Waals surface area contributed by atoms with Crippen molar-refractivity contribution in [2.24, 2.45) is 0 Å². The van der Waals surface area contributed by atoms with Gasteiger partial charge in [-0.2, -0.15) is 0 Å². The zero-order chi connectivity index (χ0) is 20.2. The van der Waals surface area contributed by atoms with Gasteiger partial charge in [-0.25, -0.2) is 4.79 Å². The number of piperazine rings is 1. The van der Waals surface area contributed by atoms with Gasteiger partial charge in [-0.3, -0.25) is 4.79 Å². The van der Waals surface area contributed by atoms with Crippen LogP contribution < -0.4 is 9.64 Å². The molecule has 1 heterocycles. The third-order valence-corrected chi connectivity index (χ3v) is 5.13. The molecule has 0 aliphatic carbocycles. The first kappa shape index (κ1) is 18.8. The number of hydrogen-bond acceptors (Lipinski definition) is 4. The fourth-order valence-corrected chi connectivity index (χ4v) is 3.57. The van der Waals surface area contributed by atoms with Gasteiger partial charge in [0.1, 0.15) is 5.75 Å². The highest BCUT2D eigenvalue weighted by Crippen LogP contribution is 2.22. The molecular formula is C23H22N2O4. The molecule has 0 saturated carbocycles. The Kier molecular flexibility index (Phi) is 5.33. The lowest BCUT2D eigenvalue weighted by atomic mass is 10.1. The molecular weight excluding hydrogens is 368 g/mol. The van der Waals surface area contributed by atoms with E-state index < -0.39 is 5.97 Å². The van der Waals surface area contributed by atoms with Gasteiger partial charge in [0.25, 0.3) is 5.91 Å². The van der Waals surface area contributed by atoms with Crippen LogP contribution in [-0.2, 0) is 4.79 Å². The summed E-state index contributed by atoms with van der Waals surface area (Å²) in [6.45, 7) is 2.45. The maximum atomic E-state index is 12.9. The highest BCUT2D eigenvalue weighted by molar-refractivity contribution is 5.98. The van der Waals surface area contributed by atoms with Gasteiger partial charge < -0.3 is 19.6 Å². The summed E-state index contributed by atoms with van der Waals surface area (Å²) >= 11 is 0. The molecule has 1 N–H and O–H groups in total. The first-order chi connectivity index (χ1) is 14.1. The van der Waals surface area contributed by atoms with Gasteiger partial charge in [-0.05, 0) is 47.2 Å².